The molecule has 0 saturated carbocycles. The van der Waals surface area contributed by atoms with Gasteiger partial charge in [-0.3, -0.25) is 4.79 Å². The van der Waals surface area contributed by atoms with E-state index in [0.717, 1.165) is 37.5 Å². The minimum atomic E-state index is -0.247. The number of amides is 1. The predicted octanol–water partition coefficient (Wildman–Crippen LogP) is 6.66. The van der Waals surface area contributed by atoms with Gasteiger partial charge in [-0.05, 0) is 92.2 Å². The van der Waals surface area contributed by atoms with Crippen molar-refractivity contribution in [2.45, 2.75) is 23.6 Å². The minimum absolute atomic E-state index is 0.247. The summed E-state index contributed by atoms with van der Waals surface area (Å²) in [6.07, 6.45) is 1.63. The maximum Gasteiger partial charge on any atom is 0.271 e. The molecule has 0 aliphatic heterocycles. The van der Waals surface area contributed by atoms with Crippen molar-refractivity contribution in [1.82, 2.24) is 9.99 Å². The Morgan fingerprint density at radius 2 is 1.41 bits per heavy atom. The fourth-order valence-electron chi connectivity index (χ4n) is 3.33. The zero-order valence-electron chi connectivity index (χ0n) is 17.7. The van der Waals surface area contributed by atoms with E-state index in [0.29, 0.717) is 5.56 Å². The van der Waals surface area contributed by atoms with Gasteiger partial charge in [0.05, 0.1) is 6.21 Å². The van der Waals surface area contributed by atoms with Gasteiger partial charge in [0.2, 0.25) is 0 Å². The largest absolute Gasteiger partial charge is 0.319 e. The molecule has 32 heavy (non-hydrogen) atoms. The molecule has 0 fully saturated rings. The number of hydrogen-bond donors (Lipinski definition) is 1. The maximum absolute atomic E-state index is 12.4. The van der Waals surface area contributed by atoms with Crippen LogP contribution in [0.1, 0.15) is 27.3 Å². The quantitative estimate of drug-likeness (QED) is 0.259. The lowest BCUT2D eigenvalue weighted by Crippen LogP contribution is -2.17. The van der Waals surface area contributed by atoms with Crippen LogP contribution >= 0.6 is 23.4 Å². The summed E-state index contributed by atoms with van der Waals surface area (Å²) in [6.45, 7) is 4.12. The van der Waals surface area contributed by atoms with Crippen molar-refractivity contribution in [1.29, 1.82) is 0 Å². The molecule has 160 valence electrons. The topological polar surface area (TPSA) is 46.4 Å². The average molecular weight is 460 g/mol. The third kappa shape index (κ3) is 5.31. The molecule has 3 aromatic carbocycles. The van der Waals surface area contributed by atoms with Gasteiger partial charge >= 0.3 is 0 Å². The Morgan fingerprint density at radius 1 is 0.844 bits per heavy atom. The van der Waals surface area contributed by atoms with Crippen LogP contribution in [-0.4, -0.2) is 16.7 Å². The summed E-state index contributed by atoms with van der Waals surface area (Å²) < 4.78 is 2.15. The van der Waals surface area contributed by atoms with Crippen LogP contribution in [0.2, 0.25) is 5.02 Å². The number of benzene rings is 3. The van der Waals surface area contributed by atoms with Gasteiger partial charge in [0.25, 0.3) is 5.91 Å². The number of carbonyl (C=O) groups is 1. The van der Waals surface area contributed by atoms with Crippen LogP contribution in [-0.2, 0) is 0 Å². The van der Waals surface area contributed by atoms with Crippen molar-refractivity contribution >= 4 is 35.5 Å². The van der Waals surface area contributed by atoms with Gasteiger partial charge in [-0.2, -0.15) is 5.10 Å². The van der Waals surface area contributed by atoms with Gasteiger partial charge in [0.15, 0.2) is 0 Å². The molecule has 4 aromatic rings. The van der Waals surface area contributed by atoms with Crippen molar-refractivity contribution in [3.8, 4) is 5.69 Å². The number of nitrogens with zero attached hydrogens (tertiary/aromatic N) is 2. The van der Waals surface area contributed by atoms with E-state index in [1.165, 1.54) is 0 Å². The second kappa shape index (κ2) is 9.90. The summed E-state index contributed by atoms with van der Waals surface area (Å²) >= 11 is 7.59. The second-order valence-electron chi connectivity index (χ2n) is 7.32. The van der Waals surface area contributed by atoms with E-state index < -0.39 is 0 Å². The predicted molar refractivity (Wildman–Crippen MR) is 132 cm³/mol. The van der Waals surface area contributed by atoms with Crippen LogP contribution in [0.5, 0.6) is 0 Å². The fourth-order valence-corrected chi connectivity index (χ4v) is 4.27. The summed E-state index contributed by atoms with van der Waals surface area (Å²) in [5.74, 6) is -0.247. The monoisotopic (exact) mass is 459 g/mol. The number of carbonyl (C=O) groups excluding carboxylic acids is 1. The van der Waals surface area contributed by atoms with Crippen molar-refractivity contribution in [2.24, 2.45) is 5.10 Å². The normalized spacial score (nSPS) is 11.1. The molecule has 0 spiro atoms. The lowest BCUT2D eigenvalue weighted by Gasteiger charge is -2.10. The Bertz CT molecular complexity index is 1220. The van der Waals surface area contributed by atoms with E-state index in [4.69, 9.17) is 11.6 Å². The summed E-state index contributed by atoms with van der Waals surface area (Å²) in [5.41, 5.74) is 7.39. The molecular formula is C26H22ClN3OS. The molecule has 4 nitrogen and oxygen atoms in total. The molecule has 0 atom stereocenters. The van der Waals surface area contributed by atoms with Crippen LogP contribution in [0.3, 0.4) is 0 Å². The first kappa shape index (κ1) is 21.9. The highest BCUT2D eigenvalue weighted by atomic mass is 35.5. The summed E-state index contributed by atoms with van der Waals surface area (Å²) in [4.78, 5) is 14.6. The van der Waals surface area contributed by atoms with Crippen LogP contribution in [0.4, 0.5) is 0 Å². The van der Waals surface area contributed by atoms with E-state index >= 15 is 0 Å². The van der Waals surface area contributed by atoms with E-state index in [1.54, 1.807) is 18.0 Å². The molecule has 0 bridgehead atoms. The van der Waals surface area contributed by atoms with Gasteiger partial charge < -0.3 is 4.57 Å². The molecule has 0 saturated heterocycles. The summed E-state index contributed by atoms with van der Waals surface area (Å²) in [5, 5.41) is 4.82. The third-order valence-corrected chi connectivity index (χ3v) is 6.24. The highest BCUT2D eigenvalue weighted by molar-refractivity contribution is 7.99. The first-order chi connectivity index (χ1) is 15.5. The number of rotatable bonds is 6. The molecule has 4 rings (SSSR count). The Morgan fingerprint density at radius 3 is 2.00 bits per heavy atom. The molecule has 1 N–H and O–H groups in total. The Kier molecular flexibility index (Phi) is 6.78. The van der Waals surface area contributed by atoms with Crippen LogP contribution < -0.4 is 5.43 Å². The highest BCUT2D eigenvalue weighted by Crippen LogP contribution is 2.28. The molecule has 1 amide bonds. The number of halogens is 1. The number of hydrazone groups is 1. The molecule has 1 heterocycles. The Hall–Kier alpha value is -3.28. The zero-order valence-corrected chi connectivity index (χ0v) is 19.3. The van der Waals surface area contributed by atoms with Gasteiger partial charge in [0.1, 0.15) is 0 Å². The summed E-state index contributed by atoms with van der Waals surface area (Å²) in [7, 11) is 0. The van der Waals surface area contributed by atoms with Crippen molar-refractivity contribution < 1.29 is 4.79 Å². The van der Waals surface area contributed by atoms with Crippen molar-refractivity contribution in [3.63, 3.8) is 0 Å². The second-order valence-corrected chi connectivity index (χ2v) is 8.91. The molecule has 0 radical (unpaired) electrons. The standard InChI is InChI=1S/C26H22ClN3OS/c1-18-3-4-19(2)30(18)23-11-7-21(8-12-23)26(31)29-28-17-20-5-13-24(14-6-20)32-25-15-9-22(27)10-16-25/h3-17H,1-2H3,(H,29,31)/b28-17-. The molecule has 0 unspecified atom stereocenters. The van der Waals surface area contributed by atoms with Crippen LogP contribution in [0.25, 0.3) is 5.69 Å². The molecular weight excluding hydrogens is 438 g/mol. The first-order valence-electron chi connectivity index (χ1n) is 10.1. The van der Waals surface area contributed by atoms with Gasteiger partial charge in [-0.25, -0.2) is 5.43 Å². The maximum atomic E-state index is 12.4. The van der Waals surface area contributed by atoms with Crippen LogP contribution in [0.15, 0.2) is 99.8 Å². The van der Waals surface area contributed by atoms with Crippen molar-refractivity contribution in [3.05, 3.63) is 112 Å². The SMILES string of the molecule is Cc1ccc(C)n1-c1ccc(C(=O)N/N=C\c2ccc(Sc3ccc(Cl)cc3)cc2)cc1. The minimum Gasteiger partial charge on any atom is -0.319 e. The van der Waals surface area contributed by atoms with Crippen LogP contribution in [0, 0.1) is 13.8 Å². The number of aryl methyl sites for hydroxylation is 2. The Balaban J connectivity index is 1.34. The van der Waals surface area contributed by atoms with E-state index in [-0.39, 0.29) is 5.91 Å². The number of aromatic nitrogens is 1. The zero-order chi connectivity index (χ0) is 22.5. The van der Waals surface area contributed by atoms with Gasteiger partial charge in [-0.1, -0.05) is 35.5 Å². The lowest BCUT2D eigenvalue weighted by molar-refractivity contribution is 0.0955. The molecule has 0 aliphatic rings. The number of hydrogen-bond acceptors (Lipinski definition) is 3. The Labute approximate surface area is 196 Å². The lowest BCUT2D eigenvalue weighted by atomic mass is 10.2. The molecule has 1 aromatic heterocycles. The fraction of sp³-hybridized carbons (Fsp3) is 0.0769. The van der Waals surface area contributed by atoms with E-state index in [2.05, 4.69) is 41.1 Å². The van der Waals surface area contributed by atoms with E-state index in [1.807, 2.05) is 72.8 Å². The smallest absolute Gasteiger partial charge is 0.271 e. The van der Waals surface area contributed by atoms with Gasteiger partial charge in [-0.15, -0.1) is 0 Å². The average Bonchev–Trinajstić information content (AvgIpc) is 3.14. The third-order valence-electron chi connectivity index (χ3n) is 4.97. The van der Waals surface area contributed by atoms with Crippen molar-refractivity contribution in [2.75, 3.05) is 0 Å². The summed E-state index contributed by atoms with van der Waals surface area (Å²) in [6, 6.07) is 27.4. The highest BCUT2D eigenvalue weighted by Gasteiger charge is 2.07. The van der Waals surface area contributed by atoms with Gasteiger partial charge in [0, 0.05) is 37.5 Å². The molecule has 6 heteroatoms. The number of nitrogens with one attached hydrogen (secondary N) is 1. The first-order valence-corrected chi connectivity index (χ1v) is 11.3. The van der Waals surface area contributed by atoms with E-state index in [9.17, 15) is 4.79 Å². The molecule has 0 aliphatic carbocycles.